The second-order valence-electron chi connectivity index (χ2n) is 14.1. The summed E-state index contributed by atoms with van der Waals surface area (Å²) in [5.74, 6) is 0.00887. The summed E-state index contributed by atoms with van der Waals surface area (Å²) in [5.41, 5.74) is 8.72. The van der Waals surface area contributed by atoms with E-state index in [1.54, 1.807) is 0 Å². The number of anilines is 2. The number of amides is 2. The lowest BCUT2D eigenvalue weighted by atomic mass is 9.64. The topological polar surface area (TPSA) is 40.6 Å². The van der Waals surface area contributed by atoms with Crippen LogP contribution in [0.3, 0.4) is 0 Å². The molecule has 0 unspecified atom stereocenters. The van der Waals surface area contributed by atoms with E-state index in [0.29, 0.717) is 11.1 Å². The molecule has 6 rings (SSSR count). The Labute approximate surface area is 262 Å². The fourth-order valence-electron chi connectivity index (χ4n) is 7.54. The van der Waals surface area contributed by atoms with Crippen molar-refractivity contribution in [3.63, 3.8) is 0 Å². The number of fused-ring (bicyclic) bond motifs is 2. The molecule has 0 N–H and O–H groups in total. The molecule has 4 heteroatoms. The Morgan fingerprint density at radius 3 is 1.77 bits per heavy atom. The first-order chi connectivity index (χ1) is 20.7. The first kappa shape index (κ1) is 29.6. The van der Waals surface area contributed by atoms with E-state index in [4.69, 9.17) is 0 Å². The van der Waals surface area contributed by atoms with Gasteiger partial charge in [-0.2, -0.15) is 0 Å². The average molecular weight is 583 g/mol. The summed E-state index contributed by atoms with van der Waals surface area (Å²) in [4.78, 5) is 32.0. The van der Waals surface area contributed by atoms with E-state index in [0.717, 1.165) is 45.6 Å². The van der Waals surface area contributed by atoms with Crippen LogP contribution >= 0.6 is 0 Å². The van der Waals surface area contributed by atoms with Gasteiger partial charge in [-0.15, -0.1) is 0 Å². The summed E-state index contributed by atoms with van der Waals surface area (Å²) in [6.07, 6.45) is 2.95. The lowest BCUT2D eigenvalue weighted by Crippen LogP contribution is -2.56. The number of hydrogen-bond donors (Lipinski definition) is 0. The van der Waals surface area contributed by atoms with E-state index in [-0.39, 0.29) is 17.2 Å². The predicted molar refractivity (Wildman–Crippen MR) is 182 cm³/mol. The van der Waals surface area contributed by atoms with Crippen LogP contribution in [0.25, 0.3) is 5.57 Å². The molecule has 0 bridgehead atoms. The van der Waals surface area contributed by atoms with Gasteiger partial charge in [0.25, 0.3) is 11.8 Å². The summed E-state index contributed by atoms with van der Waals surface area (Å²) in [7, 11) is 0. The molecule has 0 fully saturated rings. The molecule has 1 atom stereocenters. The second kappa shape index (κ2) is 10.3. The van der Waals surface area contributed by atoms with Gasteiger partial charge in [-0.05, 0) is 114 Å². The van der Waals surface area contributed by atoms with Gasteiger partial charge >= 0.3 is 0 Å². The molecule has 2 heterocycles. The first-order valence-electron chi connectivity index (χ1n) is 15.5. The first-order valence-corrected chi connectivity index (χ1v) is 15.5. The van der Waals surface area contributed by atoms with Crippen LogP contribution in [0.1, 0.15) is 96.5 Å². The smallest absolute Gasteiger partial charge is 0.259 e. The van der Waals surface area contributed by atoms with Gasteiger partial charge in [0.15, 0.2) is 0 Å². The van der Waals surface area contributed by atoms with Gasteiger partial charge in [0.1, 0.15) is 0 Å². The summed E-state index contributed by atoms with van der Waals surface area (Å²) in [5, 5.41) is 0. The highest BCUT2D eigenvalue weighted by atomic mass is 16.2. The minimum absolute atomic E-state index is 0.00614. The average Bonchev–Trinajstić information content (AvgIpc) is 2.96. The Balaban J connectivity index is 1.46. The van der Waals surface area contributed by atoms with E-state index in [2.05, 4.69) is 84.0 Å². The highest BCUT2D eigenvalue weighted by Crippen LogP contribution is 2.52. The van der Waals surface area contributed by atoms with Gasteiger partial charge in [0.05, 0.1) is 11.2 Å². The largest absolute Gasteiger partial charge is 0.302 e. The molecule has 44 heavy (non-hydrogen) atoms. The number of carbonyl (C=O) groups is 2. The third-order valence-electron chi connectivity index (χ3n) is 9.58. The highest BCUT2D eigenvalue weighted by Gasteiger charge is 2.48. The van der Waals surface area contributed by atoms with Crippen LogP contribution in [0.15, 0.2) is 97.1 Å². The summed E-state index contributed by atoms with van der Waals surface area (Å²) in [6, 6.07) is 30.6. The lowest BCUT2D eigenvalue weighted by Gasteiger charge is -2.51. The van der Waals surface area contributed by atoms with Crippen LogP contribution in [0.2, 0.25) is 0 Å². The highest BCUT2D eigenvalue weighted by molar-refractivity contribution is 6.10. The standard InChI is InChI=1S/C40H42N2O2/c1-26-13-17-29(18-14-26)36(43)41-34-22-21-31(23-32(34)28(3)24-38(41,4)5)40(8)25-39(6,7)42(35-12-10-9-11-33(35)40)37(44)30-19-15-27(2)16-20-30/h9-24H,25H2,1-8H3/t40-/m1/s1. The molecule has 4 aromatic rings. The van der Waals surface area contributed by atoms with Crippen molar-refractivity contribution in [1.29, 1.82) is 0 Å². The molecule has 2 aliphatic rings. The van der Waals surface area contributed by atoms with E-state index in [9.17, 15) is 9.59 Å². The van der Waals surface area contributed by atoms with Crippen LogP contribution in [0.5, 0.6) is 0 Å². The minimum Gasteiger partial charge on any atom is -0.302 e. The number of para-hydroxylation sites is 1. The maximum absolute atomic E-state index is 14.0. The van der Waals surface area contributed by atoms with Crippen molar-refractivity contribution in [2.75, 3.05) is 9.80 Å². The molecule has 224 valence electrons. The van der Waals surface area contributed by atoms with Crippen LogP contribution < -0.4 is 9.80 Å². The number of nitrogens with zero attached hydrogens (tertiary/aromatic N) is 2. The Bertz CT molecular complexity index is 1810. The SMILES string of the molecule is CC1=CC(C)(C)N(C(=O)c2ccc(C)cc2)c2ccc([C@@]3(C)CC(C)(C)N(C(=O)c4ccc(C)cc4)c4ccccc43)cc21. The lowest BCUT2D eigenvalue weighted by molar-refractivity contribution is 0.0946. The fraction of sp³-hybridized carbons (Fsp3) is 0.300. The van der Waals surface area contributed by atoms with Crippen LogP contribution in [-0.4, -0.2) is 22.9 Å². The van der Waals surface area contributed by atoms with E-state index in [1.807, 2.05) is 78.2 Å². The number of hydrogen-bond acceptors (Lipinski definition) is 2. The second-order valence-corrected chi connectivity index (χ2v) is 14.1. The normalized spacial score (nSPS) is 20.0. The van der Waals surface area contributed by atoms with Crippen molar-refractivity contribution in [3.05, 3.63) is 136 Å². The van der Waals surface area contributed by atoms with E-state index >= 15 is 0 Å². The molecule has 2 amide bonds. The van der Waals surface area contributed by atoms with Crippen molar-refractivity contribution >= 4 is 28.8 Å². The van der Waals surface area contributed by atoms with Crippen LogP contribution in [-0.2, 0) is 5.41 Å². The molecule has 0 saturated carbocycles. The molecule has 2 aliphatic heterocycles. The Hall–Kier alpha value is -4.44. The van der Waals surface area contributed by atoms with Crippen molar-refractivity contribution in [2.45, 2.75) is 78.3 Å². The zero-order valence-corrected chi connectivity index (χ0v) is 27.2. The van der Waals surface area contributed by atoms with E-state index < -0.39 is 11.1 Å². The minimum atomic E-state index is -0.485. The van der Waals surface area contributed by atoms with E-state index in [1.165, 1.54) is 5.56 Å². The number of rotatable bonds is 3. The third kappa shape index (κ3) is 4.77. The molecular formula is C40H42N2O2. The van der Waals surface area contributed by atoms with Gasteiger partial charge in [0.2, 0.25) is 0 Å². The number of carbonyl (C=O) groups excluding carboxylic acids is 2. The third-order valence-corrected chi connectivity index (χ3v) is 9.58. The summed E-state index contributed by atoms with van der Waals surface area (Å²) in [6.45, 7) is 17.0. The number of allylic oxidation sites excluding steroid dienone is 1. The molecule has 4 nitrogen and oxygen atoms in total. The Kier molecular flexibility index (Phi) is 6.96. The van der Waals surface area contributed by atoms with Crippen molar-refractivity contribution in [2.24, 2.45) is 0 Å². The van der Waals surface area contributed by atoms with Gasteiger partial charge in [-0.3, -0.25) is 14.5 Å². The predicted octanol–water partition coefficient (Wildman–Crippen LogP) is 9.28. The molecule has 0 radical (unpaired) electrons. The number of benzene rings is 4. The number of aryl methyl sites for hydroxylation is 2. The maximum atomic E-state index is 14.0. The molecule has 0 spiro atoms. The molecule has 0 aromatic heterocycles. The summed E-state index contributed by atoms with van der Waals surface area (Å²) < 4.78 is 0. The van der Waals surface area contributed by atoms with Crippen LogP contribution in [0, 0.1) is 13.8 Å². The quantitative estimate of drug-likeness (QED) is 0.242. The molecule has 0 aliphatic carbocycles. The molecular weight excluding hydrogens is 540 g/mol. The molecule has 0 saturated heterocycles. The zero-order valence-electron chi connectivity index (χ0n) is 27.2. The van der Waals surface area contributed by atoms with Crippen LogP contribution in [0.4, 0.5) is 11.4 Å². The molecule has 4 aromatic carbocycles. The Morgan fingerprint density at radius 1 is 0.636 bits per heavy atom. The van der Waals surface area contributed by atoms with Crippen molar-refractivity contribution < 1.29 is 9.59 Å². The van der Waals surface area contributed by atoms with Gasteiger partial charge in [-0.25, -0.2) is 0 Å². The monoisotopic (exact) mass is 582 g/mol. The summed E-state index contributed by atoms with van der Waals surface area (Å²) >= 11 is 0. The van der Waals surface area contributed by atoms with Crippen molar-refractivity contribution in [1.82, 2.24) is 0 Å². The van der Waals surface area contributed by atoms with Gasteiger partial charge in [0, 0.05) is 33.3 Å². The van der Waals surface area contributed by atoms with Gasteiger partial charge < -0.3 is 4.90 Å². The fourth-order valence-corrected chi connectivity index (χ4v) is 7.54. The maximum Gasteiger partial charge on any atom is 0.259 e. The zero-order chi connectivity index (χ0) is 31.6. The Morgan fingerprint density at radius 2 is 1.18 bits per heavy atom. The van der Waals surface area contributed by atoms with Gasteiger partial charge in [-0.1, -0.05) is 72.7 Å². The van der Waals surface area contributed by atoms with Crippen molar-refractivity contribution in [3.8, 4) is 0 Å².